The first-order valence-electron chi connectivity index (χ1n) is 7.96. The molecule has 0 spiro atoms. The number of aryl methyl sites for hydroxylation is 1. The molecule has 0 aliphatic heterocycles. The van der Waals surface area contributed by atoms with Crippen molar-refractivity contribution in [1.29, 1.82) is 0 Å². The van der Waals surface area contributed by atoms with Crippen LogP contribution in [0.3, 0.4) is 0 Å². The Morgan fingerprint density at radius 2 is 1.80 bits per heavy atom. The van der Waals surface area contributed by atoms with Crippen LogP contribution in [0.5, 0.6) is 0 Å². The van der Waals surface area contributed by atoms with Crippen LogP contribution in [0.4, 0.5) is 10.5 Å². The first-order chi connectivity index (χ1) is 11.8. The summed E-state index contributed by atoms with van der Waals surface area (Å²) in [5, 5.41) is 5.58. The molecule has 0 heterocycles. The minimum absolute atomic E-state index is 0.255. The third-order valence-electron chi connectivity index (χ3n) is 3.62. The maximum Gasteiger partial charge on any atom is 0.315 e. The van der Waals surface area contributed by atoms with Gasteiger partial charge in [-0.15, -0.1) is 0 Å². The maximum atomic E-state index is 11.9. The first kappa shape index (κ1) is 18.8. The molecule has 0 aliphatic rings. The summed E-state index contributed by atoms with van der Waals surface area (Å²) in [4.78, 5) is 11.9. The zero-order valence-electron chi connectivity index (χ0n) is 14.4. The second-order valence-electron chi connectivity index (χ2n) is 5.86. The minimum atomic E-state index is -3.32. The highest BCUT2D eigenvalue weighted by Crippen LogP contribution is 2.11. The van der Waals surface area contributed by atoms with Crippen molar-refractivity contribution in [3.63, 3.8) is 0 Å². The standard InChI is InChI=1S/C18H23N3O3S/c1-14-6-3-4-8-16(14)10-11-19-18(22)20-13-15-7-5-9-17(12-15)21-25(2,23)24/h3-9,12,21H,10-11,13H2,1-2H3,(H2,19,20,22). The van der Waals surface area contributed by atoms with E-state index in [0.717, 1.165) is 18.2 Å². The summed E-state index contributed by atoms with van der Waals surface area (Å²) < 4.78 is 24.9. The number of amides is 2. The van der Waals surface area contributed by atoms with E-state index in [0.29, 0.717) is 18.8 Å². The molecule has 7 heteroatoms. The lowest BCUT2D eigenvalue weighted by atomic mass is 10.1. The maximum absolute atomic E-state index is 11.9. The second-order valence-corrected chi connectivity index (χ2v) is 7.61. The number of anilines is 1. The average Bonchev–Trinajstić information content (AvgIpc) is 2.53. The normalized spacial score (nSPS) is 11.0. The number of sulfonamides is 1. The molecule has 2 aromatic rings. The Bertz CT molecular complexity index is 835. The molecule has 25 heavy (non-hydrogen) atoms. The van der Waals surface area contributed by atoms with Gasteiger partial charge in [0.2, 0.25) is 10.0 Å². The fourth-order valence-electron chi connectivity index (χ4n) is 2.40. The van der Waals surface area contributed by atoms with Crippen molar-refractivity contribution in [2.45, 2.75) is 19.9 Å². The number of hydrogen-bond donors (Lipinski definition) is 3. The fourth-order valence-corrected chi connectivity index (χ4v) is 2.96. The number of carbonyl (C=O) groups excluding carboxylic acids is 1. The van der Waals surface area contributed by atoms with Crippen molar-refractivity contribution >= 4 is 21.7 Å². The van der Waals surface area contributed by atoms with Crippen molar-refractivity contribution < 1.29 is 13.2 Å². The van der Waals surface area contributed by atoms with Crippen molar-refractivity contribution in [3.05, 3.63) is 65.2 Å². The smallest absolute Gasteiger partial charge is 0.315 e. The molecule has 134 valence electrons. The van der Waals surface area contributed by atoms with Crippen molar-refractivity contribution in [2.24, 2.45) is 0 Å². The van der Waals surface area contributed by atoms with E-state index in [1.54, 1.807) is 18.2 Å². The largest absolute Gasteiger partial charge is 0.338 e. The van der Waals surface area contributed by atoms with Crippen LogP contribution >= 0.6 is 0 Å². The van der Waals surface area contributed by atoms with E-state index in [-0.39, 0.29) is 6.03 Å². The summed E-state index contributed by atoms with van der Waals surface area (Å²) in [5.74, 6) is 0. The Morgan fingerprint density at radius 1 is 1.04 bits per heavy atom. The third-order valence-corrected chi connectivity index (χ3v) is 4.23. The molecule has 0 saturated heterocycles. The van der Waals surface area contributed by atoms with Crippen LogP contribution in [0.15, 0.2) is 48.5 Å². The number of urea groups is 1. The third kappa shape index (κ3) is 6.84. The van der Waals surface area contributed by atoms with Crippen LogP contribution in [0.25, 0.3) is 0 Å². The van der Waals surface area contributed by atoms with Gasteiger partial charge in [0, 0.05) is 18.8 Å². The van der Waals surface area contributed by atoms with Crippen LogP contribution in [0.2, 0.25) is 0 Å². The monoisotopic (exact) mass is 361 g/mol. The molecule has 2 aromatic carbocycles. The second kappa shape index (κ2) is 8.53. The summed E-state index contributed by atoms with van der Waals surface area (Å²) in [6.45, 7) is 2.91. The van der Waals surface area contributed by atoms with Crippen LogP contribution in [0.1, 0.15) is 16.7 Å². The molecule has 0 saturated carbocycles. The van der Waals surface area contributed by atoms with Crippen molar-refractivity contribution in [2.75, 3.05) is 17.5 Å². The van der Waals surface area contributed by atoms with Crippen molar-refractivity contribution in [3.8, 4) is 0 Å². The molecular weight excluding hydrogens is 338 g/mol. The zero-order valence-corrected chi connectivity index (χ0v) is 15.2. The van der Waals surface area contributed by atoms with Gasteiger partial charge in [0.15, 0.2) is 0 Å². The van der Waals surface area contributed by atoms with E-state index < -0.39 is 10.0 Å². The van der Waals surface area contributed by atoms with Crippen LogP contribution in [-0.2, 0) is 23.0 Å². The summed E-state index contributed by atoms with van der Waals surface area (Å²) in [7, 11) is -3.32. The highest BCUT2D eigenvalue weighted by molar-refractivity contribution is 7.92. The quantitative estimate of drug-likeness (QED) is 0.708. The summed E-state index contributed by atoms with van der Waals surface area (Å²) in [6.07, 6.45) is 1.87. The molecule has 2 amide bonds. The number of rotatable bonds is 7. The molecule has 0 fully saturated rings. The fraction of sp³-hybridized carbons (Fsp3) is 0.278. The molecule has 2 rings (SSSR count). The van der Waals surface area contributed by atoms with E-state index in [2.05, 4.69) is 21.4 Å². The van der Waals surface area contributed by atoms with Gasteiger partial charge in [-0.3, -0.25) is 4.72 Å². The summed E-state index contributed by atoms with van der Waals surface area (Å²) in [6, 6.07) is 14.7. The Balaban J connectivity index is 1.78. The molecule has 3 N–H and O–H groups in total. The van der Waals surface area contributed by atoms with Crippen molar-refractivity contribution in [1.82, 2.24) is 10.6 Å². The van der Waals surface area contributed by atoms with E-state index in [4.69, 9.17) is 0 Å². The van der Waals surface area contributed by atoms with Gasteiger partial charge in [-0.05, 0) is 42.2 Å². The molecule has 0 aromatic heterocycles. The molecule has 0 aliphatic carbocycles. The number of nitrogens with one attached hydrogen (secondary N) is 3. The lowest BCUT2D eigenvalue weighted by molar-refractivity contribution is 0.240. The topological polar surface area (TPSA) is 87.3 Å². The predicted octanol–water partition coefficient (Wildman–Crippen LogP) is 2.41. The van der Waals surface area contributed by atoms with Crippen LogP contribution < -0.4 is 15.4 Å². The highest BCUT2D eigenvalue weighted by atomic mass is 32.2. The van der Waals surface area contributed by atoms with Gasteiger partial charge in [-0.25, -0.2) is 13.2 Å². The van der Waals surface area contributed by atoms with E-state index in [9.17, 15) is 13.2 Å². The summed E-state index contributed by atoms with van der Waals surface area (Å²) in [5.41, 5.74) is 3.70. The van der Waals surface area contributed by atoms with E-state index in [1.807, 2.05) is 31.2 Å². The Labute approximate surface area is 148 Å². The Kier molecular flexibility index (Phi) is 6.41. The average molecular weight is 361 g/mol. The number of hydrogen-bond acceptors (Lipinski definition) is 3. The van der Waals surface area contributed by atoms with E-state index >= 15 is 0 Å². The van der Waals surface area contributed by atoms with Gasteiger partial charge in [0.25, 0.3) is 0 Å². The molecular formula is C18H23N3O3S. The molecule has 6 nitrogen and oxygen atoms in total. The number of benzene rings is 2. The van der Waals surface area contributed by atoms with Crippen LogP contribution in [-0.4, -0.2) is 27.2 Å². The van der Waals surface area contributed by atoms with Gasteiger partial charge in [0.05, 0.1) is 6.26 Å². The van der Waals surface area contributed by atoms with Gasteiger partial charge in [-0.2, -0.15) is 0 Å². The molecule has 0 atom stereocenters. The predicted molar refractivity (Wildman–Crippen MR) is 100 cm³/mol. The minimum Gasteiger partial charge on any atom is -0.338 e. The first-order valence-corrected chi connectivity index (χ1v) is 9.85. The Hall–Kier alpha value is -2.54. The molecule has 0 unspecified atom stereocenters. The summed E-state index contributed by atoms with van der Waals surface area (Å²) >= 11 is 0. The van der Waals surface area contributed by atoms with Crippen LogP contribution in [0, 0.1) is 6.92 Å². The Morgan fingerprint density at radius 3 is 2.52 bits per heavy atom. The van der Waals surface area contributed by atoms with Gasteiger partial charge >= 0.3 is 6.03 Å². The molecule has 0 radical (unpaired) electrons. The lowest BCUT2D eigenvalue weighted by Crippen LogP contribution is -2.36. The van der Waals surface area contributed by atoms with E-state index in [1.165, 1.54) is 11.1 Å². The molecule has 0 bridgehead atoms. The highest BCUT2D eigenvalue weighted by Gasteiger charge is 2.04. The SMILES string of the molecule is Cc1ccccc1CCNC(=O)NCc1cccc(NS(C)(=O)=O)c1. The number of carbonyl (C=O) groups is 1. The zero-order chi connectivity index (χ0) is 18.3. The van der Waals surface area contributed by atoms with Gasteiger partial charge in [-0.1, -0.05) is 36.4 Å². The lowest BCUT2D eigenvalue weighted by Gasteiger charge is -2.10. The van der Waals surface area contributed by atoms with Gasteiger partial charge < -0.3 is 10.6 Å². The van der Waals surface area contributed by atoms with Gasteiger partial charge in [0.1, 0.15) is 0 Å².